The molecule has 2 aliphatic carbocycles. The molecule has 1 heterocycles. The fourth-order valence-electron chi connectivity index (χ4n) is 10.0. The van der Waals surface area contributed by atoms with Crippen LogP contribution in [0.5, 0.6) is 5.75 Å². The van der Waals surface area contributed by atoms with Crippen molar-refractivity contribution in [3.63, 3.8) is 0 Å². The van der Waals surface area contributed by atoms with E-state index in [1.807, 2.05) is 0 Å². The highest BCUT2D eigenvalue weighted by atomic mass is 16.5. The Morgan fingerprint density at radius 1 is 0.474 bits per heavy atom. The van der Waals surface area contributed by atoms with E-state index < -0.39 is 0 Å². The monoisotopic (exact) mass is 730 g/mol. The molecule has 11 rings (SSSR count). The van der Waals surface area contributed by atoms with E-state index in [1.54, 1.807) is 0 Å². The van der Waals surface area contributed by atoms with Crippen molar-refractivity contribution in [2.24, 2.45) is 0 Å². The van der Waals surface area contributed by atoms with Crippen molar-refractivity contribution >= 4 is 11.6 Å². The molecule has 0 bridgehead atoms. The molecule has 1 nitrogen and oxygen atoms in total. The fraction of sp³-hybridized carbons (Fsp3) is 0.107. The Bertz CT molecular complexity index is 2960. The van der Waals surface area contributed by atoms with Crippen molar-refractivity contribution < 1.29 is 4.74 Å². The van der Waals surface area contributed by atoms with Crippen molar-refractivity contribution in [1.82, 2.24) is 0 Å². The maximum atomic E-state index is 7.25. The van der Waals surface area contributed by atoms with Crippen LogP contribution in [0.2, 0.25) is 0 Å². The van der Waals surface area contributed by atoms with E-state index >= 15 is 0 Å². The lowest BCUT2D eigenvalue weighted by atomic mass is 9.78. The standard InChI is InChI=1S/C56H42O/c1-56(2)50-24-14-13-22-45(50)46-31-29-41(34-51(46)56)54-44-21-10-9-19-40(44)33-49-47-32-30-42(35-52(47)57-55(49)54)53(39-27-25-37(26-28-39)36-15-5-3-6-16-36)48-23-12-11-20-43(48)38-17-7-4-8-18-38/h3-35,49,53,55H,1-2H3. The lowest BCUT2D eigenvalue weighted by molar-refractivity contribution is 0.281. The number of ether oxygens (including phenoxy) is 1. The van der Waals surface area contributed by atoms with E-state index in [1.165, 1.54) is 88.3 Å². The molecule has 1 heteroatoms. The number of rotatable bonds is 6. The first-order chi connectivity index (χ1) is 28.0. The molecule has 0 N–H and O–H groups in total. The van der Waals surface area contributed by atoms with Gasteiger partial charge in [0.25, 0.3) is 0 Å². The van der Waals surface area contributed by atoms with Crippen molar-refractivity contribution in [3.8, 4) is 39.1 Å². The normalized spacial score (nSPS) is 17.3. The minimum Gasteiger partial charge on any atom is -0.484 e. The highest BCUT2D eigenvalue weighted by molar-refractivity contribution is 5.85. The second kappa shape index (κ2) is 13.2. The van der Waals surface area contributed by atoms with E-state index in [9.17, 15) is 0 Å². The summed E-state index contributed by atoms with van der Waals surface area (Å²) < 4.78 is 7.25. The summed E-state index contributed by atoms with van der Waals surface area (Å²) in [6, 6.07) is 71.4. The smallest absolute Gasteiger partial charge is 0.135 e. The molecule has 8 aromatic carbocycles. The van der Waals surface area contributed by atoms with Crippen LogP contribution in [-0.2, 0) is 5.41 Å². The van der Waals surface area contributed by atoms with Crippen LogP contribution in [0, 0.1) is 0 Å². The summed E-state index contributed by atoms with van der Waals surface area (Å²) in [4.78, 5) is 0. The fourth-order valence-corrected chi connectivity index (χ4v) is 10.0. The van der Waals surface area contributed by atoms with Gasteiger partial charge < -0.3 is 4.74 Å². The summed E-state index contributed by atoms with van der Waals surface area (Å²) in [6.45, 7) is 4.73. The van der Waals surface area contributed by atoms with Gasteiger partial charge in [0.2, 0.25) is 0 Å². The van der Waals surface area contributed by atoms with Crippen LogP contribution in [0.1, 0.15) is 64.6 Å². The maximum Gasteiger partial charge on any atom is 0.135 e. The highest BCUT2D eigenvalue weighted by Crippen LogP contribution is 2.51. The molecule has 3 aliphatic rings. The second-order valence-corrected chi connectivity index (χ2v) is 16.3. The van der Waals surface area contributed by atoms with Gasteiger partial charge in [-0.15, -0.1) is 0 Å². The molecule has 1 aliphatic heterocycles. The van der Waals surface area contributed by atoms with Gasteiger partial charge in [0.15, 0.2) is 0 Å². The molecule has 57 heavy (non-hydrogen) atoms. The average Bonchev–Trinajstić information content (AvgIpc) is 3.74. The third-order valence-electron chi connectivity index (χ3n) is 12.8. The van der Waals surface area contributed by atoms with E-state index in [2.05, 4.69) is 214 Å². The maximum absolute atomic E-state index is 7.25. The molecule has 0 saturated carbocycles. The summed E-state index contributed by atoms with van der Waals surface area (Å²) >= 11 is 0. The van der Waals surface area contributed by atoms with Gasteiger partial charge in [-0.05, 0) is 89.3 Å². The minimum absolute atomic E-state index is 0.00652. The van der Waals surface area contributed by atoms with Crippen molar-refractivity contribution in [3.05, 3.63) is 244 Å². The molecule has 3 unspecified atom stereocenters. The van der Waals surface area contributed by atoms with Gasteiger partial charge in [-0.1, -0.05) is 202 Å². The van der Waals surface area contributed by atoms with E-state index in [0.717, 1.165) is 5.75 Å². The Hall–Kier alpha value is -6.70. The zero-order valence-corrected chi connectivity index (χ0v) is 32.2. The van der Waals surface area contributed by atoms with E-state index in [4.69, 9.17) is 4.74 Å². The molecule has 0 fully saturated rings. The topological polar surface area (TPSA) is 9.23 Å². The SMILES string of the molecule is CC1(C)c2ccccc2-c2ccc(C3=c4ccccc4=CC4c5ccc(C(c6ccc(-c7ccccc7)cc6)c6ccccc6-c6ccccc6)cc5OC34)cc21. The highest BCUT2D eigenvalue weighted by Gasteiger charge is 2.40. The first-order valence-electron chi connectivity index (χ1n) is 20.2. The summed E-state index contributed by atoms with van der Waals surface area (Å²) in [5.74, 6) is 1.08. The molecular formula is C56H42O. The first kappa shape index (κ1) is 33.6. The predicted octanol–water partition coefficient (Wildman–Crippen LogP) is 12.0. The average molecular weight is 731 g/mol. The lowest BCUT2D eigenvalue weighted by Crippen LogP contribution is -2.39. The van der Waals surface area contributed by atoms with Crippen LogP contribution >= 0.6 is 0 Å². The number of benzene rings is 8. The molecular weight excluding hydrogens is 689 g/mol. The van der Waals surface area contributed by atoms with Crippen LogP contribution in [0.25, 0.3) is 45.0 Å². The molecule has 0 radical (unpaired) electrons. The van der Waals surface area contributed by atoms with Gasteiger partial charge in [0.1, 0.15) is 11.9 Å². The van der Waals surface area contributed by atoms with Crippen LogP contribution < -0.4 is 15.2 Å². The van der Waals surface area contributed by atoms with Crippen molar-refractivity contribution in [2.45, 2.75) is 37.2 Å². The van der Waals surface area contributed by atoms with Gasteiger partial charge in [-0.3, -0.25) is 0 Å². The number of fused-ring (bicyclic) bond motifs is 7. The Labute approximate surface area is 334 Å². The minimum atomic E-state index is -0.129. The first-order valence-corrected chi connectivity index (χ1v) is 20.2. The van der Waals surface area contributed by atoms with Crippen LogP contribution in [0.3, 0.4) is 0 Å². The van der Waals surface area contributed by atoms with Crippen LogP contribution in [-0.4, -0.2) is 6.10 Å². The Kier molecular flexibility index (Phi) is 7.79. The molecule has 0 saturated heterocycles. The van der Waals surface area contributed by atoms with Gasteiger partial charge in [-0.2, -0.15) is 0 Å². The second-order valence-electron chi connectivity index (χ2n) is 16.3. The molecule has 0 aromatic heterocycles. The summed E-state index contributed by atoms with van der Waals surface area (Å²) in [5, 5.41) is 2.53. The largest absolute Gasteiger partial charge is 0.484 e. The zero-order valence-electron chi connectivity index (χ0n) is 32.2. The van der Waals surface area contributed by atoms with E-state index in [0.29, 0.717) is 0 Å². The third kappa shape index (κ3) is 5.45. The Morgan fingerprint density at radius 2 is 1.09 bits per heavy atom. The van der Waals surface area contributed by atoms with Crippen LogP contribution in [0.15, 0.2) is 194 Å². The number of hydrogen-bond acceptors (Lipinski definition) is 1. The Morgan fingerprint density at radius 3 is 1.89 bits per heavy atom. The van der Waals surface area contributed by atoms with Crippen molar-refractivity contribution in [1.29, 1.82) is 0 Å². The summed E-state index contributed by atoms with van der Waals surface area (Å²) in [6.07, 6.45) is 2.31. The quantitative estimate of drug-likeness (QED) is 0.155. The lowest BCUT2D eigenvalue weighted by Gasteiger charge is -2.26. The summed E-state index contributed by atoms with van der Waals surface area (Å²) in [7, 11) is 0. The molecule has 0 amide bonds. The predicted molar refractivity (Wildman–Crippen MR) is 235 cm³/mol. The van der Waals surface area contributed by atoms with Gasteiger partial charge in [0.05, 0.1) is 0 Å². The van der Waals surface area contributed by atoms with Gasteiger partial charge in [0, 0.05) is 28.4 Å². The van der Waals surface area contributed by atoms with Crippen molar-refractivity contribution in [2.75, 3.05) is 0 Å². The molecule has 3 atom stereocenters. The van der Waals surface area contributed by atoms with E-state index in [-0.39, 0.29) is 23.4 Å². The zero-order chi connectivity index (χ0) is 38.1. The molecule has 0 spiro atoms. The Balaban J connectivity index is 1.03. The number of hydrogen-bond donors (Lipinski definition) is 0. The molecule has 272 valence electrons. The molecule has 8 aromatic rings. The van der Waals surface area contributed by atoms with Crippen LogP contribution in [0.4, 0.5) is 0 Å². The van der Waals surface area contributed by atoms with Gasteiger partial charge >= 0.3 is 0 Å². The van der Waals surface area contributed by atoms with Gasteiger partial charge in [-0.25, -0.2) is 0 Å². The summed E-state index contributed by atoms with van der Waals surface area (Å²) in [5.41, 5.74) is 17.8. The third-order valence-corrected chi connectivity index (χ3v) is 12.8.